The molecule has 1 saturated heterocycles. The van der Waals surface area contributed by atoms with Gasteiger partial charge in [0, 0.05) is 0 Å². The third-order valence-corrected chi connectivity index (χ3v) is 14.6. The van der Waals surface area contributed by atoms with Crippen molar-refractivity contribution >= 4 is 0 Å². The first-order valence-electron chi connectivity index (χ1n) is 10.4. The van der Waals surface area contributed by atoms with E-state index in [2.05, 4.69) is 13.0 Å². The second-order valence-electron chi connectivity index (χ2n) is 7.89. The first-order chi connectivity index (χ1) is 15.4. The van der Waals surface area contributed by atoms with E-state index in [1.54, 1.807) is 6.07 Å². The molecule has 2 aliphatic rings. The van der Waals surface area contributed by atoms with Gasteiger partial charge in [0.05, 0.1) is 0 Å². The molecule has 8 heteroatoms. The van der Waals surface area contributed by atoms with E-state index in [1.807, 2.05) is 13.0 Å². The van der Waals surface area contributed by atoms with Crippen LogP contribution in [0.5, 0.6) is 0 Å². The van der Waals surface area contributed by atoms with E-state index >= 15 is 0 Å². The van der Waals surface area contributed by atoms with Crippen LogP contribution in [0.3, 0.4) is 0 Å². The Labute approximate surface area is 218 Å². The summed E-state index contributed by atoms with van der Waals surface area (Å²) in [6, 6.07) is 7.79. The van der Waals surface area contributed by atoms with Gasteiger partial charge in [-0.2, -0.15) is 0 Å². The molecular formula is C24H25F3I3O2-3. The van der Waals surface area contributed by atoms with Crippen LogP contribution in [0.1, 0.15) is 31.7 Å². The molecule has 0 bridgehead atoms. The standard InChI is InChI=1S/C24H25F3I3O2/c1-14-3-6-16(7-4-14)30-24-31-12-18(13-32-24)29-23-20(26)10-17(11-21(23)27)28-22-8-5-15(2)9-19(22)25/h3,5,8-11,16,18,24H,4,6-7,12-13H2,1-2H3/q-3. The van der Waals surface area contributed by atoms with Crippen LogP contribution in [-0.2, 0) is 9.47 Å². The van der Waals surface area contributed by atoms with Gasteiger partial charge in [0.15, 0.2) is 0 Å². The Morgan fingerprint density at radius 1 is 0.906 bits per heavy atom. The van der Waals surface area contributed by atoms with Crippen LogP contribution in [0.25, 0.3) is 0 Å². The summed E-state index contributed by atoms with van der Waals surface area (Å²) in [5.74, 6) is -1.33. The number of hydrogen-bond donors (Lipinski definition) is 0. The number of rotatable bonds is 6. The summed E-state index contributed by atoms with van der Waals surface area (Å²) in [6.45, 7) is 5.03. The molecule has 0 amide bonds. The number of benzene rings is 2. The third-order valence-electron chi connectivity index (χ3n) is 5.17. The molecule has 1 aliphatic carbocycles. The quantitative estimate of drug-likeness (QED) is 0.0983. The SMILES string of the molecule is CC1=CCC([I-]C2OCC([I-]c3c(F)cc([I-]c4ccc(C)cc4F)cc3F)CO2)CC1. The predicted octanol–water partition coefficient (Wildman–Crippen LogP) is -3.91. The minimum atomic E-state index is -0.984. The molecule has 0 N–H and O–H groups in total. The summed E-state index contributed by atoms with van der Waals surface area (Å²) < 4.78 is 57.5. The van der Waals surface area contributed by atoms with Crippen molar-refractivity contribution in [1.82, 2.24) is 0 Å². The summed E-state index contributed by atoms with van der Waals surface area (Å²) in [5.41, 5.74) is 2.31. The first-order valence-corrected chi connectivity index (χ1v) is 17.4. The van der Waals surface area contributed by atoms with Crippen molar-refractivity contribution in [3.05, 3.63) is 75.7 Å². The molecule has 1 fully saturated rings. The van der Waals surface area contributed by atoms with Gasteiger partial charge in [0.2, 0.25) is 0 Å². The van der Waals surface area contributed by atoms with Gasteiger partial charge in [0.1, 0.15) is 0 Å². The summed E-state index contributed by atoms with van der Waals surface area (Å²) in [6.07, 6.45) is 5.83. The number of hydrogen-bond acceptors (Lipinski definition) is 2. The molecule has 2 nitrogen and oxygen atoms in total. The Hall–Kier alpha value is 0.0800. The van der Waals surface area contributed by atoms with E-state index in [0.717, 1.165) is 12.0 Å². The number of ether oxygens (including phenoxy) is 2. The number of alkyl halides is 3. The van der Waals surface area contributed by atoms with Gasteiger partial charge in [-0.15, -0.1) is 0 Å². The normalized spacial score (nSPS) is 24.2. The van der Waals surface area contributed by atoms with E-state index in [0.29, 0.717) is 24.3 Å². The first kappa shape index (κ1) is 25.2. The molecular weight excluding hydrogens is 758 g/mol. The summed E-state index contributed by atoms with van der Waals surface area (Å²) in [4.78, 5) is 0. The van der Waals surface area contributed by atoms with Crippen molar-refractivity contribution < 1.29 is 86.3 Å². The van der Waals surface area contributed by atoms with Gasteiger partial charge in [-0.25, -0.2) is 0 Å². The Bertz CT molecular complexity index is 967. The number of aryl methyl sites for hydroxylation is 1. The predicted molar refractivity (Wildman–Crippen MR) is 104 cm³/mol. The molecule has 1 unspecified atom stereocenters. The van der Waals surface area contributed by atoms with Gasteiger partial charge < -0.3 is 0 Å². The zero-order valence-corrected chi connectivity index (χ0v) is 24.3. The van der Waals surface area contributed by atoms with Gasteiger partial charge >= 0.3 is 220 Å². The van der Waals surface area contributed by atoms with Crippen LogP contribution in [0.15, 0.2) is 42.0 Å². The van der Waals surface area contributed by atoms with Crippen molar-refractivity contribution in [2.45, 2.75) is 45.3 Å². The number of halogens is 6. The zero-order valence-electron chi connectivity index (χ0n) is 17.8. The average Bonchev–Trinajstić information content (AvgIpc) is 2.76. The van der Waals surface area contributed by atoms with Gasteiger partial charge in [-0.05, 0) is 0 Å². The topological polar surface area (TPSA) is 18.5 Å². The maximum atomic E-state index is 14.8. The molecule has 0 spiro atoms. The fraction of sp³-hybridized carbons (Fsp3) is 0.417. The minimum absolute atomic E-state index is 0.0432. The van der Waals surface area contributed by atoms with Crippen LogP contribution in [0, 0.1) is 35.1 Å². The number of allylic oxidation sites excluding steroid dienone is 2. The average molecular weight is 783 g/mol. The molecule has 1 atom stereocenters. The molecule has 4 rings (SSSR count). The second kappa shape index (κ2) is 11.7. The molecule has 1 aliphatic heterocycles. The molecule has 0 saturated carbocycles. The Balaban J connectivity index is 1.32. The molecule has 1 heterocycles. The Kier molecular flexibility index (Phi) is 9.19. The fourth-order valence-electron chi connectivity index (χ4n) is 3.42. The molecule has 32 heavy (non-hydrogen) atoms. The Morgan fingerprint density at radius 3 is 2.25 bits per heavy atom. The van der Waals surface area contributed by atoms with Crippen molar-refractivity contribution in [2.75, 3.05) is 13.2 Å². The van der Waals surface area contributed by atoms with Crippen molar-refractivity contribution in [3.8, 4) is 0 Å². The summed E-state index contributed by atoms with van der Waals surface area (Å²) >= 11 is -2.13. The van der Waals surface area contributed by atoms with E-state index in [-0.39, 0.29) is 38.8 Å². The van der Waals surface area contributed by atoms with Crippen LogP contribution in [0.4, 0.5) is 13.2 Å². The zero-order chi connectivity index (χ0) is 22.7. The van der Waals surface area contributed by atoms with Crippen LogP contribution < -0.4 is 63.6 Å². The van der Waals surface area contributed by atoms with E-state index in [1.165, 1.54) is 36.6 Å². The van der Waals surface area contributed by atoms with Crippen LogP contribution in [0.2, 0.25) is 0 Å². The van der Waals surface area contributed by atoms with Crippen molar-refractivity contribution in [3.63, 3.8) is 0 Å². The van der Waals surface area contributed by atoms with Crippen LogP contribution in [-0.4, -0.2) is 25.4 Å². The van der Waals surface area contributed by atoms with E-state index in [4.69, 9.17) is 9.47 Å². The van der Waals surface area contributed by atoms with Gasteiger partial charge in [-0.1, -0.05) is 0 Å². The Morgan fingerprint density at radius 2 is 1.62 bits per heavy atom. The molecule has 2 aromatic rings. The molecule has 2 aromatic carbocycles. The fourth-order valence-corrected chi connectivity index (χ4v) is 11.2. The van der Waals surface area contributed by atoms with E-state index in [9.17, 15) is 13.2 Å². The second-order valence-corrected chi connectivity index (χ2v) is 17.8. The van der Waals surface area contributed by atoms with Gasteiger partial charge in [0.25, 0.3) is 0 Å². The van der Waals surface area contributed by atoms with Crippen LogP contribution >= 0.6 is 0 Å². The maximum absolute atomic E-state index is 14.8. The summed E-state index contributed by atoms with van der Waals surface area (Å²) in [5, 5.41) is 0. The summed E-state index contributed by atoms with van der Waals surface area (Å²) in [7, 11) is 0. The monoisotopic (exact) mass is 783 g/mol. The van der Waals surface area contributed by atoms with Crippen molar-refractivity contribution in [1.29, 1.82) is 0 Å². The third kappa shape index (κ3) is 6.82. The molecule has 0 aromatic heterocycles. The van der Waals surface area contributed by atoms with Gasteiger partial charge in [-0.3, -0.25) is 0 Å². The molecule has 0 radical (unpaired) electrons. The van der Waals surface area contributed by atoms with Crippen molar-refractivity contribution in [2.24, 2.45) is 0 Å². The van der Waals surface area contributed by atoms with E-state index < -0.39 is 54.0 Å². The molecule has 178 valence electrons.